The summed E-state index contributed by atoms with van der Waals surface area (Å²) >= 11 is 12.0. The van der Waals surface area contributed by atoms with Gasteiger partial charge in [0, 0.05) is 10.0 Å². The molecule has 2 unspecified atom stereocenters. The van der Waals surface area contributed by atoms with Crippen LogP contribution < -0.4 is 5.32 Å². The molecule has 1 saturated heterocycles. The molecule has 6 heteroatoms. The first-order valence-corrected chi connectivity index (χ1v) is 6.71. The minimum atomic E-state index is -0.511. The maximum atomic E-state index is 12.0. The quantitative estimate of drug-likeness (QED) is 0.912. The van der Waals surface area contributed by atoms with Crippen LogP contribution in [0.2, 0.25) is 10.0 Å². The summed E-state index contributed by atoms with van der Waals surface area (Å²) in [5, 5.41) is 3.59. The van der Waals surface area contributed by atoms with Gasteiger partial charge in [-0.2, -0.15) is 0 Å². The van der Waals surface area contributed by atoms with Crippen LogP contribution in [-0.4, -0.2) is 29.3 Å². The average molecular weight is 301 g/mol. The topological polar surface area (TPSA) is 49.4 Å². The highest BCUT2D eigenvalue weighted by atomic mass is 35.5. The molecule has 0 bridgehead atoms. The summed E-state index contributed by atoms with van der Waals surface area (Å²) in [5.74, 6) is -0.276. The van der Waals surface area contributed by atoms with Crippen molar-refractivity contribution in [2.75, 3.05) is 6.54 Å². The Morgan fingerprint density at radius 3 is 2.68 bits per heavy atom. The van der Waals surface area contributed by atoms with Crippen molar-refractivity contribution in [3.63, 3.8) is 0 Å². The van der Waals surface area contributed by atoms with E-state index in [2.05, 4.69) is 5.32 Å². The fourth-order valence-electron chi connectivity index (χ4n) is 2.29. The van der Waals surface area contributed by atoms with Gasteiger partial charge in [0.1, 0.15) is 6.04 Å². The zero-order chi connectivity index (χ0) is 14.2. The molecule has 102 valence electrons. The maximum Gasteiger partial charge on any atom is 0.243 e. The first kappa shape index (κ1) is 14.2. The smallest absolute Gasteiger partial charge is 0.243 e. The second-order valence-corrected chi connectivity index (χ2v) is 5.38. The minimum absolute atomic E-state index is 0.0265. The van der Waals surface area contributed by atoms with Gasteiger partial charge < -0.3 is 10.2 Å². The lowest BCUT2D eigenvalue weighted by Crippen LogP contribution is -2.57. The van der Waals surface area contributed by atoms with Gasteiger partial charge in [0.25, 0.3) is 0 Å². The highest BCUT2D eigenvalue weighted by Crippen LogP contribution is 2.31. The van der Waals surface area contributed by atoms with Gasteiger partial charge in [-0.05, 0) is 31.5 Å². The molecule has 19 heavy (non-hydrogen) atoms. The Hall–Kier alpha value is -1.26. The zero-order valence-corrected chi connectivity index (χ0v) is 12.1. The lowest BCUT2D eigenvalue weighted by molar-refractivity contribution is -0.147. The summed E-state index contributed by atoms with van der Waals surface area (Å²) < 4.78 is 0. The molecule has 2 atom stereocenters. The highest BCUT2D eigenvalue weighted by molar-refractivity contribution is 6.35. The van der Waals surface area contributed by atoms with Crippen molar-refractivity contribution in [2.45, 2.75) is 25.9 Å². The van der Waals surface area contributed by atoms with Crippen LogP contribution >= 0.6 is 23.2 Å². The number of carbonyl (C=O) groups excluding carboxylic acids is 2. The third kappa shape index (κ3) is 2.69. The van der Waals surface area contributed by atoms with Gasteiger partial charge in [0.05, 0.1) is 12.6 Å². The fraction of sp³-hybridized carbons (Fsp3) is 0.385. The lowest BCUT2D eigenvalue weighted by atomic mass is 10.0. The molecular weight excluding hydrogens is 287 g/mol. The molecule has 0 spiro atoms. The highest BCUT2D eigenvalue weighted by Gasteiger charge is 2.35. The minimum Gasteiger partial charge on any atom is -0.345 e. The molecule has 1 aromatic carbocycles. The molecule has 1 heterocycles. The van der Waals surface area contributed by atoms with E-state index in [-0.39, 0.29) is 24.4 Å². The van der Waals surface area contributed by atoms with Crippen molar-refractivity contribution in [3.05, 3.63) is 33.8 Å². The van der Waals surface area contributed by atoms with Crippen LogP contribution in [-0.2, 0) is 9.59 Å². The molecule has 1 N–H and O–H groups in total. The molecule has 4 nitrogen and oxygen atoms in total. The molecule has 0 aromatic heterocycles. The molecular formula is C13H14Cl2N2O2. The van der Waals surface area contributed by atoms with Gasteiger partial charge in [-0.3, -0.25) is 9.59 Å². The van der Waals surface area contributed by atoms with E-state index in [0.29, 0.717) is 10.0 Å². The molecule has 1 fully saturated rings. The predicted molar refractivity (Wildman–Crippen MR) is 74.2 cm³/mol. The number of nitrogens with zero attached hydrogens (tertiary/aromatic N) is 1. The van der Waals surface area contributed by atoms with E-state index in [1.54, 1.807) is 30.0 Å². The Bertz CT molecular complexity index is 533. The lowest BCUT2D eigenvalue weighted by Gasteiger charge is -2.37. The molecule has 0 aliphatic carbocycles. The first-order valence-electron chi connectivity index (χ1n) is 5.95. The largest absolute Gasteiger partial charge is 0.345 e. The summed E-state index contributed by atoms with van der Waals surface area (Å²) in [6, 6.07) is 4.34. The predicted octanol–water partition coefficient (Wildman–Crippen LogP) is 2.40. The molecule has 0 radical (unpaired) electrons. The second-order valence-electron chi connectivity index (χ2n) is 4.54. The maximum absolute atomic E-state index is 12.0. The van der Waals surface area contributed by atoms with Crippen LogP contribution in [0.5, 0.6) is 0 Å². The van der Waals surface area contributed by atoms with E-state index in [4.69, 9.17) is 23.2 Å². The van der Waals surface area contributed by atoms with E-state index >= 15 is 0 Å². The van der Waals surface area contributed by atoms with Crippen molar-refractivity contribution >= 4 is 35.0 Å². The molecule has 0 saturated carbocycles. The number of piperazine rings is 1. The number of benzene rings is 1. The van der Waals surface area contributed by atoms with Crippen molar-refractivity contribution in [3.8, 4) is 0 Å². The van der Waals surface area contributed by atoms with Gasteiger partial charge in [-0.1, -0.05) is 29.3 Å². The number of carbonyl (C=O) groups is 2. The van der Waals surface area contributed by atoms with E-state index < -0.39 is 6.04 Å². The van der Waals surface area contributed by atoms with Crippen molar-refractivity contribution in [1.29, 1.82) is 0 Å². The van der Waals surface area contributed by atoms with Crippen molar-refractivity contribution in [1.82, 2.24) is 10.2 Å². The van der Waals surface area contributed by atoms with Crippen molar-refractivity contribution in [2.24, 2.45) is 0 Å². The monoisotopic (exact) mass is 300 g/mol. The Morgan fingerprint density at radius 1 is 1.37 bits per heavy atom. The number of amides is 2. The van der Waals surface area contributed by atoms with Crippen LogP contribution in [0.3, 0.4) is 0 Å². The molecule has 2 amide bonds. The van der Waals surface area contributed by atoms with Gasteiger partial charge in [-0.15, -0.1) is 0 Å². The number of nitrogens with one attached hydrogen (secondary N) is 1. The summed E-state index contributed by atoms with van der Waals surface area (Å²) in [6.45, 7) is 3.58. The standard InChI is InChI=1S/C13H14Cl2N2O2/c1-7(10-4-3-9(14)5-11(10)15)17-8(2)13(19)16-6-12(17)18/h3-5,7-8H,6H2,1-2H3,(H,16,19). The first-order chi connectivity index (χ1) is 8.91. The Kier molecular flexibility index (Phi) is 4.02. The van der Waals surface area contributed by atoms with E-state index in [0.717, 1.165) is 5.56 Å². The fourth-order valence-corrected chi connectivity index (χ4v) is 2.85. The van der Waals surface area contributed by atoms with E-state index in [9.17, 15) is 9.59 Å². The third-order valence-electron chi connectivity index (χ3n) is 3.33. The van der Waals surface area contributed by atoms with Gasteiger partial charge in [0.2, 0.25) is 11.8 Å². The zero-order valence-electron chi connectivity index (χ0n) is 10.6. The summed E-state index contributed by atoms with van der Waals surface area (Å²) in [4.78, 5) is 25.2. The van der Waals surface area contributed by atoms with Gasteiger partial charge >= 0.3 is 0 Å². The molecule has 1 aliphatic rings. The van der Waals surface area contributed by atoms with Gasteiger partial charge in [0.15, 0.2) is 0 Å². The average Bonchev–Trinajstić information content (AvgIpc) is 2.34. The van der Waals surface area contributed by atoms with Crippen LogP contribution in [0, 0.1) is 0 Å². The molecule has 1 aliphatic heterocycles. The Morgan fingerprint density at radius 2 is 2.05 bits per heavy atom. The second kappa shape index (κ2) is 5.39. The van der Waals surface area contributed by atoms with Crippen LogP contribution in [0.25, 0.3) is 0 Å². The number of hydrogen-bond acceptors (Lipinski definition) is 2. The molecule has 1 aromatic rings. The third-order valence-corrected chi connectivity index (χ3v) is 3.89. The number of hydrogen-bond donors (Lipinski definition) is 1. The molecule has 2 rings (SSSR count). The Balaban J connectivity index is 2.34. The summed E-state index contributed by atoms with van der Waals surface area (Å²) in [7, 11) is 0. The summed E-state index contributed by atoms with van der Waals surface area (Å²) in [5.41, 5.74) is 0.779. The number of halogens is 2. The van der Waals surface area contributed by atoms with Crippen molar-refractivity contribution < 1.29 is 9.59 Å². The summed E-state index contributed by atoms with van der Waals surface area (Å²) in [6.07, 6.45) is 0. The van der Waals surface area contributed by atoms with E-state index in [1.807, 2.05) is 6.92 Å². The normalized spacial score (nSPS) is 21.3. The Labute approximate surface area is 121 Å². The van der Waals surface area contributed by atoms with Gasteiger partial charge in [-0.25, -0.2) is 0 Å². The van der Waals surface area contributed by atoms with E-state index in [1.165, 1.54) is 0 Å². The SMILES string of the molecule is CC1C(=O)NCC(=O)N1C(C)c1ccc(Cl)cc1Cl. The number of rotatable bonds is 2. The van der Waals surface area contributed by atoms with Crippen LogP contribution in [0.15, 0.2) is 18.2 Å². The van der Waals surface area contributed by atoms with Crippen LogP contribution in [0.1, 0.15) is 25.5 Å². The van der Waals surface area contributed by atoms with Crippen LogP contribution in [0.4, 0.5) is 0 Å².